The van der Waals surface area contributed by atoms with Crippen molar-refractivity contribution in [2.24, 2.45) is 0 Å². The highest BCUT2D eigenvalue weighted by molar-refractivity contribution is 7.92. The fourth-order valence-electron chi connectivity index (χ4n) is 3.97. The van der Waals surface area contributed by atoms with E-state index in [9.17, 15) is 18.0 Å². The predicted octanol–water partition coefficient (Wildman–Crippen LogP) is 6.18. The van der Waals surface area contributed by atoms with Gasteiger partial charge in [-0.3, -0.25) is 13.9 Å². The monoisotopic (exact) mass is 609 g/mol. The first-order valence-electron chi connectivity index (χ1n) is 12.4. The second-order valence-corrected chi connectivity index (χ2v) is 11.9. The van der Waals surface area contributed by atoms with Crippen molar-refractivity contribution in [1.82, 2.24) is 10.2 Å². The lowest BCUT2D eigenvalue weighted by atomic mass is 10.1. The van der Waals surface area contributed by atoms with Crippen molar-refractivity contribution in [2.45, 2.75) is 44.2 Å². The van der Waals surface area contributed by atoms with E-state index in [1.807, 2.05) is 6.92 Å². The van der Waals surface area contributed by atoms with Crippen LogP contribution in [0.3, 0.4) is 0 Å². The van der Waals surface area contributed by atoms with Gasteiger partial charge in [-0.2, -0.15) is 0 Å². The van der Waals surface area contributed by atoms with Crippen molar-refractivity contribution < 1.29 is 18.0 Å². The summed E-state index contributed by atoms with van der Waals surface area (Å²) in [4.78, 5) is 28.5. The number of nitrogens with zero attached hydrogens (tertiary/aromatic N) is 2. The van der Waals surface area contributed by atoms with Crippen molar-refractivity contribution >= 4 is 62.3 Å². The Morgan fingerprint density at radius 2 is 1.54 bits per heavy atom. The molecule has 1 N–H and O–H groups in total. The summed E-state index contributed by atoms with van der Waals surface area (Å²) in [6, 6.07) is 18.0. The summed E-state index contributed by atoms with van der Waals surface area (Å²) in [6.45, 7) is 3.58. The van der Waals surface area contributed by atoms with Crippen LogP contribution in [0.4, 0.5) is 5.69 Å². The second-order valence-electron chi connectivity index (χ2n) is 8.77. The van der Waals surface area contributed by atoms with Gasteiger partial charge in [0.15, 0.2) is 0 Å². The zero-order chi connectivity index (χ0) is 28.6. The molecule has 0 aliphatic rings. The van der Waals surface area contributed by atoms with Gasteiger partial charge in [0.1, 0.15) is 12.6 Å². The van der Waals surface area contributed by atoms with Gasteiger partial charge in [0.05, 0.1) is 10.6 Å². The lowest BCUT2D eigenvalue weighted by Gasteiger charge is -2.33. The Hall–Kier alpha value is -2.78. The van der Waals surface area contributed by atoms with Crippen LogP contribution in [-0.2, 0) is 26.2 Å². The van der Waals surface area contributed by atoms with Gasteiger partial charge in [-0.15, -0.1) is 0 Å². The molecule has 1 unspecified atom stereocenters. The van der Waals surface area contributed by atoms with Crippen LogP contribution in [0.15, 0.2) is 77.7 Å². The van der Waals surface area contributed by atoms with Crippen molar-refractivity contribution in [3.8, 4) is 0 Å². The summed E-state index contributed by atoms with van der Waals surface area (Å²) in [5, 5.41) is 4.02. The first-order chi connectivity index (χ1) is 18.6. The number of hydrogen-bond donors (Lipinski definition) is 1. The number of sulfonamides is 1. The lowest BCUT2D eigenvalue weighted by molar-refractivity contribution is -0.140. The molecule has 0 bridgehead atoms. The van der Waals surface area contributed by atoms with Gasteiger partial charge in [-0.05, 0) is 66.9 Å². The van der Waals surface area contributed by atoms with Crippen LogP contribution in [0.2, 0.25) is 15.1 Å². The van der Waals surface area contributed by atoms with Gasteiger partial charge in [-0.25, -0.2) is 8.42 Å². The predicted molar refractivity (Wildman–Crippen MR) is 157 cm³/mol. The summed E-state index contributed by atoms with van der Waals surface area (Å²) in [5.41, 5.74) is 0.824. The Balaban J connectivity index is 2.05. The molecule has 3 aromatic rings. The molecule has 208 valence electrons. The van der Waals surface area contributed by atoms with E-state index in [4.69, 9.17) is 34.8 Å². The number of carbonyl (C=O) groups excluding carboxylic acids is 2. The number of amides is 2. The Kier molecular flexibility index (Phi) is 11.1. The van der Waals surface area contributed by atoms with Gasteiger partial charge in [-0.1, -0.05) is 72.9 Å². The highest BCUT2D eigenvalue weighted by atomic mass is 35.5. The number of halogens is 3. The van der Waals surface area contributed by atoms with E-state index in [1.54, 1.807) is 55.5 Å². The summed E-state index contributed by atoms with van der Waals surface area (Å²) in [5.74, 6) is -0.907. The van der Waals surface area contributed by atoms with Crippen LogP contribution in [-0.4, -0.2) is 44.3 Å². The number of rotatable bonds is 12. The maximum atomic E-state index is 14.0. The van der Waals surface area contributed by atoms with Crippen molar-refractivity contribution in [2.75, 3.05) is 17.4 Å². The first kappa shape index (κ1) is 30.8. The number of benzene rings is 3. The molecule has 0 fully saturated rings. The molecule has 0 saturated carbocycles. The van der Waals surface area contributed by atoms with Crippen LogP contribution in [0, 0.1) is 0 Å². The second kappa shape index (κ2) is 14.0. The van der Waals surface area contributed by atoms with E-state index in [0.29, 0.717) is 33.6 Å². The molecule has 0 aromatic heterocycles. The highest BCUT2D eigenvalue weighted by Crippen LogP contribution is 2.27. The fourth-order valence-corrected chi connectivity index (χ4v) is 6.00. The molecule has 7 nitrogen and oxygen atoms in total. The summed E-state index contributed by atoms with van der Waals surface area (Å²) in [7, 11) is -4.15. The van der Waals surface area contributed by atoms with E-state index in [2.05, 4.69) is 5.32 Å². The summed E-state index contributed by atoms with van der Waals surface area (Å²) in [6.07, 6.45) is 1.03. The minimum absolute atomic E-state index is 0.0211. The van der Waals surface area contributed by atoms with Crippen molar-refractivity contribution in [3.63, 3.8) is 0 Å². The number of hydrogen-bond acceptors (Lipinski definition) is 4. The molecular formula is C28H30Cl3N3O4S. The number of nitrogens with one attached hydrogen (secondary N) is 1. The van der Waals surface area contributed by atoms with E-state index in [-0.39, 0.29) is 23.0 Å². The zero-order valence-corrected chi connectivity index (χ0v) is 24.7. The fraction of sp³-hybridized carbons (Fsp3) is 0.286. The maximum absolute atomic E-state index is 14.0. The van der Waals surface area contributed by atoms with Crippen LogP contribution in [0.25, 0.3) is 0 Å². The molecule has 0 aliphatic carbocycles. The van der Waals surface area contributed by atoms with Crippen LogP contribution in [0.1, 0.15) is 32.3 Å². The SMILES string of the molecule is CCCNC(=O)C(CC)N(Cc1ccc(Cl)cc1Cl)C(=O)CN(c1ccc(Cl)cc1)S(=O)(=O)c1ccccc1. The van der Waals surface area contributed by atoms with Gasteiger partial charge in [0, 0.05) is 28.2 Å². The topological polar surface area (TPSA) is 86.8 Å². The molecule has 39 heavy (non-hydrogen) atoms. The largest absolute Gasteiger partial charge is 0.354 e. The molecule has 3 rings (SSSR count). The van der Waals surface area contributed by atoms with Crippen LogP contribution in [0.5, 0.6) is 0 Å². The third kappa shape index (κ3) is 7.88. The average Bonchev–Trinajstić information content (AvgIpc) is 2.92. The normalized spacial score (nSPS) is 12.0. The average molecular weight is 611 g/mol. The van der Waals surface area contributed by atoms with Gasteiger partial charge >= 0.3 is 0 Å². The zero-order valence-electron chi connectivity index (χ0n) is 21.6. The molecule has 0 heterocycles. The van der Waals surface area contributed by atoms with E-state index in [1.165, 1.54) is 29.2 Å². The van der Waals surface area contributed by atoms with Crippen molar-refractivity contribution in [3.05, 3.63) is 93.4 Å². The Bertz CT molecular complexity index is 1390. The standard InChI is InChI=1S/C28H30Cl3N3O4S/c1-3-16-32-28(36)26(4-2)33(18-20-10-11-22(30)17-25(20)31)27(35)19-34(23-14-12-21(29)13-15-23)39(37,38)24-8-6-5-7-9-24/h5-15,17,26H,3-4,16,18-19H2,1-2H3,(H,32,36). The Labute approximate surface area is 244 Å². The van der Waals surface area contributed by atoms with E-state index >= 15 is 0 Å². The molecule has 2 amide bonds. The van der Waals surface area contributed by atoms with Crippen LogP contribution < -0.4 is 9.62 Å². The van der Waals surface area contributed by atoms with E-state index in [0.717, 1.165) is 10.7 Å². The van der Waals surface area contributed by atoms with Gasteiger partial charge < -0.3 is 10.2 Å². The quantitative estimate of drug-likeness (QED) is 0.266. The third-order valence-corrected chi connectivity index (χ3v) is 8.64. The van der Waals surface area contributed by atoms with Crippen LogP contribution >= 0.6 is 34.8 Å². The van der Waals surface area contributed by atoms with E-state index < -0.39 is 28.5 Å². The highest BCUT2D eigenvalue weighted by Gasteiger charge is 2.33. The molecule has 0 aliphatic heterocycles. The molecule has 11 heteroatoms. The molecule has 0 saturated heterocycles. The Morgan fingerprint density at radius 3 is 2.13 bits per heavy atom. The van der Waals surface area contributed by atoms with Crippen molar-refractivity contribution in [1.29, 1.82) is 0 Å². The molecule has 1 atom stereocenters. The molecule has 3 aromatic carbocycles. The molecule has 0 spiro atoms. The summed E-state index contributed by atoms with van der Waals surface area (Å²) < 4.78 is 28.5. The minimum atomic E-state index is -4.15. The smallest absolute Gasteiger partial charge is 0.264 e. The lowest BCUT2D eigenvalue weighted by Crippen LogP contribution is -2.52. The minimum Gasteiger partial charge on any atom is -0.354 e. The third-order valence-electron chi connectivity index (χ3n) is 6.02. The van der Waals surface area contributed by atoms with Gasteiger partial charge in [0.25, 0.3) is 10.0 Å². The number of anilines is 1. The van der Waals surface area contributed by atoms with Gasteiger partial charge in [0.2, 0.25) is 11.8 Å². The molecular weight excluding hydrogens is 581 g/mol. The number of carbonyl (C=O) groups is 2. The maximum Gasteiger partial charge on any atom is 0.264 e. The molecule has 0 radical (unpaired) electrons. The Morgan fingerprint density at radius 1 is 0.897 bits per heavy atom. The first-order valence-corrected chi connectivity index (χ1v) is 15.0. The summed E-state index contributed by atoms with van der Waals surface area (Å²) >= 11 is 18.5.